The molecule has 0 aromatic heterocycles. The molecule has 7 heteroatoms. The van der Waals surface area contributed by atoms with Gasteiger partial charge in [-0.05, 0) is 32.0 Å². The van der Waals surface area contributed by atoms with Crippen LogP contribution in [0.25, 0.3) is 0 Å². The first-order valence-electron chi connectivity index (χ1n) is 5.91. The third-order valence-corrected chi connectivity index (χ3v) is 5.56. The molecule has 1 fully saturated rings. The number of anilines is 1. The quantitative estimate of drug-likeness (QED) is 0.844. The summed E-state index contributed by atoms with van der Waals surface area (Å²) in [5.74, 6) is 0. The summed E-state index contributed by atoms with van der Waals surface area (Å²) in [6.45, 7) is 4.77. The van der Waals surface area contributed by atoms with Crippen LogP contribution in [0.5, 0.6) is 0 Å². The van der Waals surface area contributed by atoms with Gasteiger partial charge in [-0.15, -0.1) is 0 Å². The molecule has 19 heavy (non-hydrogen) atoms. The maximum absolute atomic E-state index is 12.6. The van der Waals surface area contributed by atoms with E-state index in [0.717, 1.165) is 0 Å². The van der Waals surface area contributed by atoms with E-state index in [1.165, 1.54) is 22.5 Å². The molecule has 0 amide bonds. The third-order valence-electron chi connectivity index (χ3n) is 3.13. The SMILES string of the molecule is CC1(C)COCCN1S(=O)(=O)c1ccc(N)c(Cl)c1. The first-order chi connectivity index (χ1) is 8.75. The summed E-state index contributed by atoms with van der Waals surface area (Å²) in [5, 5.41) is 0.243. The van der Waals surface area contributed by atoms with Crippen LogP contribution in [0.15, 0.2) is 23.1 Å². The zero-order valence-corrected chi connectivity index (χ0v) is 12.5. The molecule has 1 saturated heterocycles. The number of nitrogen functional groups attached to an aromatic ring is 1. The molecule has 0 atom stereocenters. The monoisotopic (exact) mass is 304 g/mol. The molecule has 0 unspecified atom stereocenters. The summed E-state index contributed by atoms with van der Waals surface area (Å²) in [4.78, 5) is 0.154. The Morgan fingerprint density at radius 2 is 2.11 bits per heavy atom. The normalized spacial score (nSPS) is 20.4. The fourth-order valence-corrected chi connectivity index (χ4v) is 4.11. The zero-order valence-electron chi connectivity index (χ0n) is 10.9. The second-order valence-corrected chi connectivity index (χ2v) is 7.40. The average molecular weight is 305 g/mol. The zero-order chi connectivity index (χ0) is 14.3. The minimum absolute atomic E-state index is 0.154. The van der Waals surface area contributed by atoms with Gasteiger partial charge in [-0.25, -0.2) is 8.42 Å². The Kier molecular flexibility index (Phi) is 3.79. The number of nitrogens with two attached hydrogens (primary N) is 1. The van der Waals surface area contributed by atoms with E-state index in [1.807, 2.05) is 13.8 Å². The second-order valence-electron chi connectivity index (χ2n) is 5.13. The van der Waals surface area contributed by atoms with Gasteiger partial charge in [0.15, 0.2) is 0 Å². The highest BCUT2D eigenvalue weighted by Crippen LogP contribution is 2.30. The van der Waals surface area contributed by atoms with Crippen molar-refractivity contribution in [1.29, 1.82) is 0 Å². The van der Waals surface area contributed by atoms with Crippen molar-refractivity contribution in [3.05, 3.63) is 23.2 Å². The number of benzene rings is 1. The molecule has 0 saturated carbocycles. The highest BCUT2D eigenvalue weighted by Gasteiger charge is 2.39. The van der Waals surface area contributed by atoms with Gasteiger partial charge >= 0.3 is 0 Å². The fourth-order valence-electron chi connectivity index (χ4n) is 2.09. The van der Waals surface area contributed by atoms with Gasteiger partial charge in [-0.1, -0.05) is 11.6 Å². The van der Waals surface area contributed by atoms with Gasteiger partial charge in [-0.2, -0.15) is 4.31 Å². The van der Waals surface area contributed by atoms with E-state index in [-0.39, 0.29) is 9.92 Å². The van der Waals surface area contributed by atoms with Gasteiger partial charge < -0.3 is 10.5 Å². The molecule has 0 bridgehead atoms. The van der Waals surface area contributed by atoms with Gasteiger partial charge in [0.25, 0.3) is 0 Å². The lowest BCUT2D eigenvalue weighted by Gasteiger charge is -2.40. The van der Waals surface area contributed by atoms with Crippen LogP contribution in [0.1, 0.15) is 13.8 Å². The van der Waals surface area contributed by atoms with Gasteiger partial charge in [0.2, 0.25) is 10.0 Å². The van der Waals surface area contributed by atoms with Crippen molar-refractivity contribution < 1.29 is 13.2 Å². The van der Waals surface area contributed by atoms with Crippen molar-refractivity contribution in [2.24, 2.45) is 0 Å². The molecule has 1 aromatic carbocycles. The molecule has 0 radical (unpaired) electrons. The van der Waals surface area contributed by atoms with Gasteiger partial charge in [0, 0.05) is 6.54 Å². The molecule has 1 aromatic rings. The topological polar surface area (TPSA) is 72.6 Å². The molecule has 0 spiro atoms. The summed E-state index contributed by atoms with van der Waals surface area (Å²) in [6.07, 6.45) is 0. The van der Waals surface area contributed by atoms with E-state index in [4.69, 9.17) is 22.1 Å². The number of morpholine rings is 1. The molecule has 106 valence electrons. The van der Waals surface area contributed by atoms with E-state index in [9.17, 15) is 8.42 Å². The molecule has 0 aliphatic carbocycles. The van der Waals surface area contributed by atoms with E-state index in [2.05, 4.69) is 0 Å². The minimum Gasteiger partial charge on any atom is -0.398 e. The molecule has 5 nitrogen and oxygen atoms in total. The van der Waals surface area contributed by atoms with Crippen molar-refractivity contribution in [2.75, 3.05) is 25.5 Å². The first kappa shape index (κ1) is 14.6. The standard InChI is InChI=1S/C12H17ClN2O3S/c1-12(2)8-18-6-5-15(12)19(16,17)9-3-4-11(14)10(13)7-9/h3-4,7H,5-6,8,14H2,1-2H3. The largest absolute Gasteiger partial charge is 0.398 e. The predicted octanol–water partition coefficient (Wildman–Crippen LogP) is 1.72. The Labute approximate surface area is 118 Å². The summed E-state index contributed by atoms with van der Waals surface area (Å²) in [6, 6.07) is 4.36. The van der Waals surface area contributed by atoms with Gasteiger partial charge in [-0.3, -0.25) is 0 Å². The van der Waals surface area contributed by atoms with Crippen LogP contribution < -0.4 is 5.73 Å². The lowest BCUT2D eigenvalue weighted by Crippen LogP contribution is -2.55. The van der Waals surface area contributed by atoms with Crippen molar-refractivity contribution in [2.45, 2.75) is 24.3 Å². The molecule has 1 aliphatic heterocycles. The van der Waals surface area contributed by atoms with Gasteiger partial charge in [0.1, 0.15) is 0 Å². The highest BCUT2D eigenvalue weighted by atomic mass is 35.5. The molecule has 1 aliphatic rings. The Morgan fingerprint density at radius 1 is 1.42 bits per heavy atom. The van der Waals surface area contributed by atoms with E-state index >= 15 is 0 Å². The number of hydrogen-bond donors (Lipinski definition) is 1. The molecule has 1 heterocycles. The Balaban J connectivity index is 2.44. The lowest BCUT2D eigenvalue weighted by atomic mass is 10.1. The van der Waals surface area contributed by atoms with Crippen molar-refractivity contribution >= 4 is 27.3 Å². The Bertz CT molecular complexity index is 587. The summed E-state index contributed by atoms with van der Waals surface area (Å²) < 4.78 is 32.1. The number of sulfonamides is 1. The number of halogens is 1. The van der Waals surface area contributed by atoms with Crippen molar-refractivity contribution in [3.8, 4) is 0 Å². The maximum atomic E-state index is 12.6. The minimum atomic E-state index is -3.60. The summed E-state index contributed by atoms with van der Waals surface area (Å²) in [5.41, 5.74) is 5.39. The smallest absolute Gasteiger partial charge is 0.243 e. The summed E-state index contributed by atoms with van der Waals surface area (Å²) >= 11 is 5.90. The van der Waals surface area contributed by atoms with Crippen molar-refractivity contribution in [1.82, 2.24) is 4.31 Å². The first-order valence-corrected chi connectivity index (χ1v) is 7.72. The van der Waals surface area contributed by atoms with E-state index < -0.39 is 15.6 Å². The molecular formula is C12H17ClN2O3S. The van der Waals surface area contributed by atoms with Crippen LogP contribution in [-0.2, 0) is 14.8 Å². The predicted molar refractivity (Wildman–Crippen MR) is 74.7 cm³/mol. The van der Waals surface area contributed by atoms with Crippen LogP contribution in [0.3, 0.4) is 0 Å². The second kappa shape index (κ2) is 4.94. The van der Waals surface area contributed by atoms with Crippen molar-refractivity contribution in [3.63, 3.8) is 0 Å². The van der Waals surface area contributed by atoms with Crippen LogP contribution in [0.2, 0.25) is 5.02 Å². The average Bonchev–Trinajstić information content (AvgIpc) is 2.31. The number of nitrogens with zero attached hydrogens (tertiary/aromatic N) is 1. The van der Waals surface area contributed by atoms with Crippen LogP contribution in [-0.4, -0.2) is 38.0 Å². The Morgan fingerprint density at radius 3 is 2.68 bits per heavy atom. The lowest BCUT2D eigenvalue weighted by molar-refractivity contribution is -0.00770. The molecular weight excluding hydrogens is 288 g/mol. The summed E-state index contributed by atoms with van der Waals surface area (Å²) in [7, 11) is -3.60. The molecule has 2 N–H and O–H groups in total. The highest BCUT2D eigenvalue weighted by molar-refractivity contribution is 7.89. The van der Waals surface area contributed by atoms with Crippen LogP contribution in [0.4, 0.5) is 5.69 Å². The van der Waals surface area contributed by atoms with Gasteiger partial charge in [0.05, 0.1) is 34.4 Å². The van der Waals surface area contributed by atoms with E-state index in [0.29, 0.717) is 25.4 Å². The van der Waals surface area contributed by atoms with Crippen LogP contribution >= 0.6 is 11.6 Å². The molecule has 2 rings (SSSR count). The fraction of sp³-hybridized carbons (Fsp3) is 0.500. The Hall–Kier alpha value is -0.820. The maximum Gasteiger partial charge on any atom is 0.243 e. The van der Waals surface area contributed by atoms with Crippen LogP contribution in [0, 0.1) is 0 Å². The third kappa shape index (κ3) is 2.72. The number of hydrogen-bond acceptors (Lipinski definition) is 4. The van der Waals surface area contributed by atoms with E-state index in [1.54, 1.807) is 0 Å². The number of ether oxygens (including phenoxy) is 1. The number of rotatable bonds is 2.